The van der Waals surface area contributed by atoms with Crippen LogP contribution in [0.2, 0.25) is 0 Å². The van der Waals surface area contributed by atoms with Crippen LogP contribution in [0.1, 0.15) is 43.7 Å². The summed E-state index contributed by atoms with van der Waals surface area (Å²) in [5, 5.41) is 12.2. The molecular formula is C27H32N2O6. The van der Waals surface area contributed by atoms with Gasteiger partial charge in [0.1, 0.15) is 12.5 Å². The van der Waals surface area contributed by atoms with Crippen molar-refractivity contribution in [3.63, 3.8) is 0 Å². The summed E-state index contributed by atoms with van der Waals surface area (Å²) >= 11 is 0. The van der Waals surface area contributed by atoms with E-state index in [9.17, 15) is 19.5 Å². The minimum atomic E-state index is -0.966. The largest absolute Gasteiger partial charge is 0.481 e. The van der Waals surface area contributed by atoms with Gasteiger partial charge in [-0.05, 0) is 35.6 Å². The minimum Gasteiger partial charge on any atom is -0.481 e. The molecule has 2 aromatic rings. The van der Waals surface area contributed by atoms with Crippen molar-refractivity contribution in [3.05, 3.63) is 59.7 Å². The van der Waals surface area contributed by atoms with E-state index in [0.29, 0.717) is 13.0 Å². The third kappa shape index (κ3) is 5.32. The average Bonchev–Trinajstić information content (AvgIpc) is 3.44. The molecule has 2 amide bonds. The summed E-state index contributed by atoms with van der Waals surface area (Å²) in [4.78, 5) is 38.7. The van der Waals surface area contributed by atoms with Crippen LogP contribution in [0.5, 0.6) is 0 Å². The molecule has 1 aliphatic heterocycles. The van der Waals surface area contributed by atoms with Gasteiger partial charge in [-0.2, -0.15) is 0 Å². The number of fused-ring (bicyclic) bond motifs is 3. The Labute approximate surface area is 205 Å². The smallest absolute Gasteiger partial charge is 0.407 e. The normalized spacial score (nSPS) is 19.5. The molecule has 2 aliphatic rings. The van der Waals surface area contributed by atoms with Crippen molar-refractivity contribution in [2.24, 2.45) is 5.92 Å². The number of carboxylic acids is 1. The number of aliphatic carboxylic acids is 1. The molecule has 4 rings (SSSR count). The highest BCUT2D eigenvalue weighted by molar-refractivity contribution is 5.80. The number of nitrogens with zero attached hydrogens (tertiary/aromatic N) is 1. The van der Waals surface area contributed by atoms with Gasteiger partial charge < -0.3 is 24.8 Å². The van der Waals surface area contributed by atoms with Crippen LogP contribution in [-0.2, 0) is 19.1 Å². The molecule has 2 unspecified atom stereocenters. The number of carbonyl (C=O) groups is 3. The van der Waals surface area contributed by atoms with Gasteiger partial charge in [-0.15, -0.1) is 0 Å². The maximum atomic E-state index is 13.0. The van der Waals surface area contributed by atoms with Crippen LogP contribution in [0.25, 0.3) is 11.1 Å². The lowest BCUT2D eigenvalue weighted by Crippen LogP contribution is -2.48. The third-order valence-electron chi connectivity index (χ3n) is 6.74. The maximum Gasteiger partial charge on any atom is 0.407 e. The van der Waals surface area contributed by atoms with Gasteiger partial charge in [-0.1, -0.05) is 55.5 Å². The summed E-state index contributed by atoms with van der Waals surface area (Å²) in [6, 6.07) is 15.3. The predicted octanol–water partition coefficient (Wildman–Crippen LogP) is 3.64. The molecular weight excluding hydrogens is 448 g/mol. The quantitative estimate of drug-likeness (QED) is 0.568. The van der Waals surface area contributed by atoms with E-state index in [2.05, 4.69) is 29.6 Å². The van der Waals surface area contributed by atoms with Crippen molar-refractivity contribution in [2.45, 2.75) is 44.7 Å². The van der Waals surface area contributed by atoms with E-state index >= 15 is 0 Å². The first-order valence-electron chi connectivity index (χ1n) is 12.1. The maximum absolute atomic E-state index is 13.0. The van der Waals surface area contributed by atoms with Crippen molar-refractivity contribution in [3.8, 4) is 11.1 Å². The summed E-state index contributed by atoms with van der Waals surface area (Å²) in [6.45, 7) is 4.61. The Hall–Kier alpha value is -3.39. The van der Waals surface area contributed by atoms with Crippen molar-refractivity contribution < 1.29 is 29.0 Å². The van der Waals surface area contributed by atoms with Gasteiger partial charge in [-0.25, -0.2) is 4.79 Å². The van der Waals surface area contributed by atoms with Crippen LogP contribution in [0.3, 0.4) is 0 Å². The number of carboxylic acid groups (broad SMARTS) is 1. The molecule has 35 heavy (non-hydrogen) atoms. The second-order valence-corrected chi connectivity index (χ2v) is 9.21. The second-order valence-electron chi connectivity index (χ2n) is 9.21. The summed E-state index contributed by atoms with van der Waals surface area (Å²) in [7, 11) is 0. The molecule has 2 aromatic carbocycles. The van der Waals surface area contributed by atoms with E-state index in [4.69, 9.17) is 9.47 Å². The Bertz CT molecular complexity index is 1040. The van der Waals surface area contributed by atoms with Gasteiger partial charge in [-0.3, -0.25) is 9.59 Å². The number of benzene rings is 2. The molecule has 0 radical (unpaired) electrons. The van der Waals surface area contributed by atoms with E-state index in [1.165, 1.54) is 0 Å². The van der Waals surface area contributed by atoms with E-state index in [1.54, 1.807) is 11.8 Å². The van der Waals surface area contributed by atoms with Crippen molar-refractivity contribution >= 4 is 18.0 Å². The molecule has 1 fully saturated rings. The topological polar surface area (TPSA) is 105 Å². The highest BCUT2D eigenvalue weighted by Crippen LogP contribution is 2.44. The summed E-state index contributed by atoms with van der Waals surface area (Å²) in [5.41, 5.74) is 4.57. The van der Waals surface area contributed by atoms with Gasteiger partial charge >= 0.3 is 12.1 Å². The van der Waals surface area contributed by atoms with Gasteiger partial charge in [0.2, 0.25) is 5.91 Å². The minimum absolute atomic E-state index is 0.0412. The van der Waals surface area contributed by atoms with Crippen LogP contribution >= 0.6 is 0 Å². The van der Waals surface area contributed by atoms with E-state index < -0.39 is 30.1 Å². The molecule has 8 nitrogen and oxygen atoms in total. The van der Waals surface area contributed by atoms with Crippen molar-refractivity contribution in [1.29, 1.82) is 0 Å². The summed E-state index contributed by atoms with van der Waals surface area (Å²) < 4.78 is 10.9. The lowest BCUT2D eigenvalue weighted by molar-refractivity contribution is -0.145. The molecule has 2 N–H and O–H groups in total. The number of hydrogen-bond acceptors (Lipinski definition) is 5. The zero-order valence-electron chi connectivity index (χ0n) is 20.1. The molecule has 0 aromatic heterocycles. The highest BCUT2D eigenvalue weighted by Gasteiger charge is 2.40. The number of hydrogen-bond donors (Lipinski definition) is 2. The van der Waals surface area contributed by atoms with Crippen molar-refractivity contribution in [1.82, 2.24) is 10.2 Å². The third-order valence-corrected chi connectivity index (χ3v) is 6.74. The number of amides is 2. The molecule has 186 valence electrons. The Morgan fingerprint density at radius 3 is 2.31 bits per heavy atom. The van der Waals surface area contributed by atoms with Crippen LogP contribution in [0.4, 0.5) is 4.79 Å². The highest BCUT2D eigenvalue weighted by atomic mass is 16.5. The summed E-state index contributed by atoms with van der Waals surface area (Å²) in [5.74, 6) is -1.96. The fourth-order valence-electron chi connectivity index (χ4n) is 5.07. The zero-order valence-corrected chi connectivity index (χ0v) is 20.1. The van der Waals surface area contributed by atoms with Crippen LogP contribution < -0.4 is 5.32 Å². The summed E-state index contributed by atoms with van der Waals surface area (Å²) in [6.07, 6.45) is 0.164. The van der Waals surface area contributed by atoms with Gasteiger partial charge in [0.05, 0.1) is 19.3 Å². The predicted molar refractivity (Wildman–Crippen MR) is 130 cm³/mol. The molecule has 1 saturated heterocycles. The zero-order chi connectivity index (χ0) is 24.9. The molecule has 0 spiro atoms. The molecule has 0 bridgehead atoms. The van der Waals surface area contributed by atoms with Crippen molar-refractivity contribution in [2.75, 3.05) is 26.4 Å². The number of nitrogens with one attached hydrogen (secondary N) is 1. The van der Waals surface area contributed by atoms with E-state index in [-0.39, 0.29) is 38.1 Å². The Morgan fingerprint density at radius 2 is 1.71 bits per heavy atom. The second kappa shape index (κ2) is 10.9. The van der Waals surface area contributed by atoms with Crippen LogP contribution in [-0.4, -0.2) is 66.4 Å². The molecule has 8 heteroatoms. The van der Waals surface area contributed by atoms with Gasteiger partial charge in [0, 0.05) is 24.9 Å². The molecule has 1 heterocycles. The monoisotopic (exact) mass is 480 g/mol. The first-order chi connectivity index (χ1) is 16.9. The van der Waals surface area contributed by atoms with Crippen LogP contribution in [0, 0.1) is 5.92 Å². The van der Waals surface area contributed by atoms with Gasteiger partial charge in [0.25, 0.3) is 0 Å². The first kappa shape index (κ1) is 24.7. The first-order valence-corrected chi connectivity index (χ1v) is 12.1. The lowest BCUT2D eigenvalue weighted by atomic mass is 9.98. The standard InChI is InChI=1S/C27H32N2O6/c1-3-12-29(24-16-34-14-23(24)26(31)32)25(30)13-17(2)28-27(33)35-15-22-20-10-6-4-8-18(20)19-9-5-7-11-21(19)22/h4-11,17,22-24H,3,12-16H2,1-2H3,(H,28,33)(H,31,32)/t17-,23?,24?/m0/s1. The Kier molecular flexibility index (Phi) is 7.70. The Morgan fingerprint density at radius 1 is 1.09 bits per heavy atom. The van der Waals surface area contributed by atoms with E-state index in [1.807, 2.05) is 31.2 Å². The number of carbonyl (C=O) groups excluding carboxylic acids is 2. The molecule has 1 aliphatic carbocycles. The lowest BCUT2D eigenvalue weighted by Gasteiger charge is -2.31. The number of alkyl carbamates (subject to hydrolysis) is 1. The SMILES string of the molecule is CCCN(C(=O)C[C@H](C)NC(=O)OCC1c2ccccc2-c2ccccc21)C1COCC1C(=O)O. The average molecular weight is 481 g/mol. The van der Waals surface area contributed by atoms with Crippen LogP contribution in [0.15, 0.2) is 48.5 Å². The number of rotatable bonds is 9. The fraction of sp³-hybridized carbons (Fsp3) is 0.444. The van der Waals surface area contributed by atoms with Gasteiger partial charge in [0.15, 0.2) is 0 Å². The fourth-order valence-corrected chi connectivity index (χ4v) is 5.07. The number of ether oxygens (including phenoxy) is 2. The Balaban J connectivity index is 1.33. The van der Waals surface area contributed by atoms with E-state index in [0.717, 1.165) is 22.3 Å². The molecule has 0 saturated carbocycles. The molecule has 3 atom stereocenters.